The topological polar surface area (TPSA) is 24.5 Å². The van der Waals surface area contributed by atoms with Crippen molar-refractivity contribution in [2.75, 3.05) is 33.3 Å². The molecule has 1 aliphatic rings. The summed E-state index contributed by atoms with van der Waals surface area (Å²) in [4.78, 5) is 2.19. The third kappa shape index (κ3) is 4.22. The maximum absolute atomic E-state index is 12.9. The highest BCUT2D eigenvalue weighted by Crippen LogP contribution is 2.30. The Kier molecular flexibility index (Phi) is 6.08. The largest absolute Gasteiger partial charge is 0.374 e. The summed E-state index contributed by atoms with van der Waals surface area (Å²) in [7, 11) is 2.02. The van der Waals surface area contributed by atoms with E-state index in [1.807, 2.05) is 13.1 Å². The van der Waals surface area contributed by atoms with E-state index in [0.29, 0.717) is 6.61 Å². The van der Waals surface area contributed by atoms with E-state index < -0.39 is 6.43 Å². The van der Waals surface area contributed by atoms with Gasteiger partial charge in [0.05, 0.1) is 18.8 Å². The maximum Gasteiger partial charge on any atom is 0.263 e. The fourth-order valence-corrected chi connectivity index (χ4v) is 2.80. The molecule has 2 rings (SSSR count). The SMILES string of the molecule is CCCNCC1OCCN(C)C1c1cccc(C(F)F)c1. The van der Waals surface area contributed by atoms with Crippen molar-refractivity contribution in [3.05, 3.63) is 35.4 Å². The van der Waals surface area contributed by atoms with Gasteiger partial charge in [0.2, 0.25) is 0 Å². The van der Waals surface area contributed by atoms with Gasteiger partial charge in [0.25, 0.3) is 6.43 Å². The fourth-order valence-electron chi connectivity index (χ4n) is 2.80. The van der Waals surface area contributed by atoms with Crippen LogP contribution in [0.25, 0.3) is 0 Å². The average molecular weight is 298 g/mol. The van der Waals surface area contributed by atoms with Crippen LogP contribution in [0.3, 0.4) is 0 Å². The zero-order valence-electron chi connectivity index (χ0n) is 12.7. The van der Waals surface area contributed by atoms with Crippen LogP contribution in [0.4, 0.5) is 8.78 Å². The van der Waals surface area contributed by atoms with Gasteiger partial charge in [-0.1, -0.05) is 25.1 Å². The molecule has 1 aromatic rings. The number of nitrogens with zero attached hydrogens (tertiary/aromatic N) is 1. The van der Waals surface area contributed by atoms with Gasteiger partial charge in [-0.3, -0.25) is 4.90 Å². The molecule has 1 aliphatic heterocycles. The Hall–Kier alpha value is -1.04. The average Bonchev–Trinajstić information content (AvgIpc) is 2.48. The first-order chi connectivity index (χ1) is 10.1. The van der Waals surface area contributed by atoms with Gasteiger partial charge in [-0.05, 0) is 31.6 Å². The Morgan fingerprint density at radius 2 is 2.24 bits per heavy atom. The molecule has 0 spiro atoms. The van der Waals surface area contributed by atoms with Crippen LogP contribution in [-0.2, 0) is 4.74 Å². The summed E-state index contributed by atoms with van der Waals surface area (Å²) < 4.78 is 31.7. The molecule has 21 heavy (non-hydrogen) atoms. The number of morpholine rings is 1. The lowest BCUT2D eigenvalue weighted by Gasteiger charge is -2.39. The first kappa shape index (κ1) is 16.3. The number of alkyl halides is 2. The second-order valence-electron chi connectivity index (χ2n) is 5.51. The van der Waals surface area contributed by atoms with E-state index in [2.05, 4.69) is 17.1 Å². The molecule has 3 nitrogen and oxygen atoms in total. The van der Waals surface area contributed by atoms with E-state index in [9.17, 15) is 8.78 Å². The van der Waals surface area contributed by atoms with Crippen LogP contribution in [0.2, 0.25) is 0 Å². The summed E-state index contributed by atoms with van der Waals surface area (Å²) in [5, 5.41) is 3.36. The molecule has 1 fully saturated rings. The number of nitrogens with one attached hydrogen (secondary N) is 1. The highest BCUT2D eigenvalue weighted by atomic mass is 19.3. The number of halogens is 2. The molecule has 0 radical (unpaired) electrons. The van der Waals surface area contributed by atoms with Gasteiger partial charge in [-0.25, -0.2) is 8.78 Å². The number of ether oxygens (including phenoxy) is 1. The zero-order valence-corrected chi connectivity index (χ0v) is 12.7. The van der Waals surface area contributed by atoms with Crippen LogP contribution in [0, 0.1) is 0 Å². The lowest BCUT2D eigenvalue weighted by molar-refractivity contribution is -0.0613. The highest BCUT2D eigenvalue weighted by molar-refractivity contribution is 5.28. The molecule has 2 atom stereocenters. The van der Waals surface area contributed by atoms with E-state index in [-0.39, 0.29) is 17.7 Å². The zero-order chi connectivity index (χ0) is 15.2. The Morgan fingerprint density at radius 1 is 1.43 bits per heavy atom. The quantitative estimate of drug-likeness (QED) is 0.817. The molecule has 0 amide bonds. The molecular weight excluding hydrogens is 274 g/mol. The monoisotopic (exact) mass is 298 g/mol. The second kappa shape index (κ2) is 7.82. The van der Waals surface area contributed by atoms with Crippen molar-refractivity contribution < 1.29 is 13.5 Å². The van der Waals surface area contributed by atoms with Gasteiger partial charge < -0.3 is 10.1 Å². The van der Waals surface area contributed by atoms with Gasteiger partial charge in [0.15, 0.2) is 0 Å². The Morgan fingerprint density at radius 3 is 2.95 bits per heavy atom. The van der Waals surface area contributed by atoms with E-state index >= 15 is 0 Å². The molecule has 118 valence electrons. The predicted molar refractivity (Wildman–Crippen MR) is 79.7 cm³/mol. The fraction of sp³-hybridized carbons (Fsp3) is 0.625. The molecule has 0 aromatic heterocycles. The van der Waals surface area contributed by atoms with Crippen molar-refractivity contribution in [3.63, 3.8) is 0 Å². The lowest BCUT2D eigenvalue weighted by Crippen LogP contribution is -2.47. The van der Waals surface area contributed by atoms with Gasteiger partial charge in [0, 0.05) is 18.7 Å². The number of likely N-dealkylation sites (N-methyl/N-ethyl adjacent to an activating group) is 1. The third-order valence-electron chi connectivity index (χ3n) is 3.88. The lowest BCUT2D eigenvalue weighted by atomic mass is 9.96. The number of hydrogen-bond acceptors (Lipinski definition) is 3. The first-order valence-electron chi connectivity index (χ1n) is 7.54. The van der Waals surface area contributed by atoms with Crippen molar-refractivity contribution in [2.24, 2.45) is 0 Å². The van der Waals surface area contributed by atoms with Crippen LogP contribution in [0.15, 0.2) is 24.3 Å². The van der Waals surface area contributed by atoms with E-state index in [4.69, 9.17) is 4.74 Å². The number of rotatable bonds is 6. The third-order valence-corrected chi connectivity index (χ3v) is 3.88. The van der Waals surface area contributed by atoms with E-state index in [1.54, 1.807) is 12.1 Å². The molecule has 0 bridgehead atoms. The molecule has 1 saturated heterocycles. The van der Waals surface area contributed by atoms with Crippen LogP contribution in [0.1, 0.15) is 36.9 Å². The maximum atomic E-state index is 12.9. The molecule has 0 aliphatic carbocycles. The van der Waals surface area contributed by atoms with Crippen molar-refractivity contribution in [2.45, 2.75) is 31.9 Å². The number of benzene rings is 1. The van der Waals surface area contributed by atoms with Crippen molar-refractivity contribution >= 4 is 0 Å². The number of hydrogen-bond donors (Lipinski definition) is 1. The Balaban J connectivity index is 2.16. The van der Waals surface area contributed by atoms with Crippen LogP contribution in [-0.4, -0.2) is 44.3 Å². The van der Waals surface area contributed by atoms with Gasteiger partial charge in [-0.2, -0.15) is 0 Å². The first-order valence-corrected chi connectivity index (χ1v) is 7.54. The smallest absolute Gasteiger partial charge is 0.263 e. The minimum Gasteiger partial charge on any atom is -0.374 e. The summed E-state index contributed by atoms with van der Waals surface area (Å²) in [5.74, 6) is 0. The van der Waals surface area contributed by atoms with E-state index in [1.165, 1.54) is 6.07 Å². The standard InChI is InChI=1S/C16H24F2N2O/c1-3-7-19-11-14-15(20(2)8-9-21-14)12-5-4-6-13(10-12)16(17)18/h4-6,10,14-16,19H,3,7-9,11H2,1-2H3. The summed E-state index contributed by atoms with van der Waals surface area (Å²) in [5.41, 5.74) is 0.977. The van der Waals surface area contributed by atoms with Gasteiger partial charge in [0.1, 0.15) is 0 Å². The Labute approximate surface area is 125 Å². The van der Waals surface area contributed by atoms with Crippen molar-refractivity contribution in [1.82, 2.24) is 10.2 Å². The summed E-state index contributed by atoms with van der Waals surface area (Å²) in [6.45, 7) is 5.29. The predicted octanol–water partition coefficient (Wildman–Crippen LogP) is 3.00. The highest BCUT2D eigenvalue weighted by Gasteiger charge is 2.31. The van der Waals surface area contributed by atoms with Crippen LogP contribution in [0.5, 0.6) is 0 Å². The molecular formula is C16H24F2N2O. The van der Waals surface area contributed by atoms with Gasteiger partial charge >= 0.3 is 0 Å². The summed E-state index contributed by atoms with van der Waals surface area (Å²) in [6, 6.07) is 6.71. The summed E-state index contributed by atoms with van der Waals surface area (Å²) in [6.07, 6.45) is -1.38. The molecule has 1 heterocycles. The second-order valence-corrected chi connectivity index (χ2v) is 5.51. The van der Waals surface area contributed by atoms with Gasteiger partial charge in [-0.15, -0.1) is 0 Å². The molecule has 5 heteroatoms. The van der Waals surface area contributed by atoms with Crippen molar-refractivity contribution in [3.8, 4) is 0 Å². The molecule has 0 saturated carbocycles. The molecule has 2 unspecified atom stereocenters. The van der Waals surface area contributed by atoms with E-state index in [0.717, 1.165) is 31.6 Å². The van der Waals surface area contributed by atoms with Crippen LogP contribution < -0.4 is 5.32 Å². The molecule has 1 aromatic carbocycles. The Bertz CT molecular complexity index is 442. The minimum atomic E-state index is -2.43. The van der Waals surface area contributed by atoms with Crippen molar-refractivity contribution in [1.29, 1.82) is 0 Å². The molecule has 1 N–H and O–H groups in total. The van der Waals surface area contributed by atoms with Crippen LogP contribution >= 0.6 is 0 Å². The summed E-state index contributed by atoms with van der Waals surface area (Å²) >= 11 is 0. The normalized spacial score (nSPS) is 23.7. The minimum absolute atomic E-state index is 0.0109.